The van der Waals surface area contributed by atoms with E-state index in [-0.39, 0.29) is 0 Å². The Hall–Kier alpha value is -1.96. The van der Waals surface area contributed by atoms with E-state index in [2.05, 4.69) is 37.7 Å². The van der Waals surface area contributed by atoms with Gasteiger partial charge in [0.2, 0.25) is 0 Å². The van der Waals surface area contributed by atoms with Crippen LogP contribution in [0.2, 0.25) is 0 Å². The van der Waals surface area contributed by atoms with Crippen LogP contribution >= 0.6 is 11.3 Å². The highest BCUT2D eigenvalue weighted by molar-refractivity contribution is 7.11. The highest BCUT2D eigenvalue weighted by Crippen LogP contribution is 2.12. The van der Waals surface area contributed by atoms with Gasteiger partial charge in [-0.15, -0.1) is 21.5 Å². The lowest BCUT2D eigenvalue weighted by atomic mass is 10.4. The van der Waals surface area contributed by atoms with Crippen molar-refractivity contribution in [3.8, 4) is 0 Å². The Balaban J connectivity index is 1.82. The van der Waals surface area contributed by atoms with Crippen molar-refractivity contribution in [2.75, 3.05) is 7.05 Å². The van der Waals surface area contributed by atoms with E-state index in [9.17, 15) is 0 Å². The Kier molecular flexibility index (Phi) is 5.05. The van der Waals surface area contributed by atoms with Crippen LogP contribution in [-0.4, -0.2) is 32.8 Å². The van der Waals surface area contributed by atoms with Crippen molar-refractivity contribution >= 4 is 17.3 Å². The number of hydrogen-bond donors (Lipinski definition) is 2. The Morgan fingerprint density at radius 2 is 2.20 bits per heavy atom. The minimum absolute atomic E-state index is 0.578. The van der Waals surface area contributed by atoms with Crippen LogP contribution in [0.5, 0.6) is 0 Å². The van der Waals surface area contributed by atoms with Crippen molar-refractivity contribution in [1.82, 2.24) is 30.4 Å². The normalized spacial score (nSPS) is 11.7. The first kappa shape index (κ1) is 14.4. The van der Waals surface area contributed by atoms with Gasteiger partial charge in [0.15, 0.2) is 11.8 Å². The molecule has 0 unspecified atom stereocenters. The molecule has 0 aromatic carbocycles. The molecule has 8 heteroatoms. The van der Waals surface area contributed by atoms with Gasteiger partial charge in [0, 0.05) is 25.2 Å². The van der Waals surface area contributed by atoms with Gasteiger partial charge in [-0.3, -0.25) is 4.99 Å². The highest BCUT2D eigenvalue weighted by atomic mass is 32.1. The van der Waals surface area contributed by atoms with Crippen molar-refractivity contribution in [3.63, 3.8) is 0 Å². The smallest absolute Gasteiger partial charge is 0.191 e. The van der Waals surface area contributed by atoms with Crippen LogP contribution < -0.4 is 10.6 Å². The van der Waals surface area contributed by atoms with Crippen molar-refractivity contribution in [2.24, 2.45) is 12.0 Å². The van der Waals surface area contributed by atoms with E-state index in [1.165, 1.54) is 4.88 Å². The van der Waals surface area contributed by atoms with Crippen LogP contribution in [0.1, 0.15) is 22.6 Å². The molecular formula is C12H19N7S. The fraction of sp³-hybridized carbons (Fsp3) is 0.500. The summed E-state index contributed by atoms with van der Waals surface area (Å²) in [5, 5.41) is 15.3. The first-order chi connectivity index (χ1) is 9.72. The third-order valence-electron chi connectivity index (χ3n) is 2.80. The number of thiazole rings is 1. The minimum atomic E-state index is 0.578. The number of aromatic nitrogens is 4. The number of nitrogens with zero attached hydrogens (tertiary/aromatic N) is 5. The largest absolute Gasteiger partial charge is 0.350 e. The van der Waals surface area contributed by atoms with E-state index in [1.54, 1.807) is 24.7 Å². The fourth-order valence-electron chi connectivity index (χ4n) is 1.60. The SMILES string of the molecule is CCc1cnc(CNC(=NC)NCc2nncn2C)s1. The van der Waals surface area contributed by atoms with E-state index in [0.717, 1.165) is 23.2 Å². The van der Waals surface area contributed by atoms with E-state index >= 15 is 0 Å². The van der Waals surface area contributed by atoms with Gasteiger partial charge in [0.25, 0.3) is 0 Å². The number of aliphatic imine (C=N–C) groups is 1. The number of guanidine groups is 1. The van der Waals surface area contributed by atoms with E-state index in [4.69, 9.17) is 0 Å². The summed E-state index contributed by atoms with van der Waals surface area (Å²) < 4.78 is 1.87. The lowest BCUT2D eigenvalue weighted by Crippen LogP contribution is -2.36. The quantitative estimate of drug-likeness (QED) is 0.626. The van der Waals surface area contributed by atoms with Gasteiger partial charge >= 0.3 is 0 Å². The van der Waals surface area contributed by atoms with Crippen LogP contribution in [0, 0.1) is 0 Å². The third kappa shape index (κ3) is 3.77. The zero-order chi connectivity index (χ0) is 14.4. The first-order valence-corrected chi connectivity index (χ1v) is 7.25. The average Bonchev–Trinajstić information content (AvgIpc) is 3.08. The van der Waals surface area contributed by atoms with E-state index in [0.29, 0.717) is 13.1 Å². The topological polar surface area (TPSA) is 80.0 Å². The zero-order valence-electron chi connectivity index (χ0n) is 11.9. The van der Waals surface area contributed by atoms with Crippen LogP contribution in [0.25, 0.3) is 0 Å². The van der Waals surface area contributed by atoms with E-state index < -0.39 is 0 Å². The summed E-state index contributed by atoms with van der Waals surface area (Å²) in [7, 11) is 3.65. The standard InChI is InChI=1S/C12H19N7S/c1-4-9-5-14-11(20-9)7-16-12(13-2)15-6-10-18-17-8-19(10)3/h5,8H,4,6-7H2,1-3H3,(H2,13,15,16). The van der Waals surface area contributed by atoms with Crippen molar-refractivity contribution < 1.29 is 0 Å². The number of aryl methyl sites for hydroxylation is 2. The molecule has 0 amide bonds. The lowest BCUT2D eigenvalue weighted by Gasteiger charge is -2.10. The summed E-state index contributed by atoms with van der Waals surface area (Å²) in [6.45, 7) is 3.38. The molecule has 2 N–H and O–H groups in total. The third-order valence-corrected chi connectivity index (χ3v) is 3.94. The maximum absolute atomic E-state index is 4.36. The Bertz CT molecular complexity index is 572. The molecule has 2 aromatic rings. The van der Waals surface area contributed by atoms with Gasteiger partial charge in [-0.05, 0) is 6.42 Å². The molecule has 2 rings (SSSR count). The van der Waals surface area contributed by atoms with Gasteiger partial charge in [0.1, 0.15) is 11.3 Å². The molecule has 2 heterocycles. The number of hydrogen-bond acceptors (Lipinski definition) is 5. The van der Waals surface area contributed by atoms with Crippen molar-refractivity contribution in [3.05, 3.63) is 28.2 Å². The second kappa shape index (κ2) is 6.99. The molecule has 7 nitrogen and oxygen atoms in total. The van der Waals surface area contributed by atoms with Crippen molar-refractivity contribution in [2.45, 2.75) is 26.4 Å². The van der Waals surface area contributed by atoms with Gasteiger partial charge in [0.05, 0.1) is 13.1 Å². The molecular weight excluding hydrogens is 274 g/mol. The molecule has 0 aliphatic heterocycles. The Labute approximate surface area is 122 Å². The Morgan fingerprint density at radius 3 is 2.80 bits per heavy atom. The molecule has 0 bridgehead atoms. The summed E-state index contributed by atoms with van der Waals surface area (Å²) in [5.74, 6) is 1.58. The molecule has 0 atom stereocenters. The van der Waals surface area contributed by atoms with Gasteiger partial charge < -0.3 is 15.2 Å². The average molecular weight is 293 g/mol. The first-order valence-electron chi connectivity index (χ1n) is 6.44. The molecule has 0 saturated heterocycles. The lowest BCUT2D eigenvalue weighted by molar-refractivity contribution is 0.725. The summed E-state index contributed by atoms with van der Waals surface area (Å²) >= 11 is 1.72. The predicted molar refractivity (Wildman–Crippen MR) is 79.5 cm³/mol. The second-order valence-corrected chi connectivity index (χ2v) is 5.41. The molecule has 0 aliphatic carbocycles. The fourth-order valence-corrected chi connectivity index (χ4v) is 2.41. The maximum atomic E-state index is 4.36. The summed E-state index contributed by atoms with van der Waals surface area (Å²) in [6, 6.07) is 0. The second-order valence-electron chi connectivity index (χ2n) is 4.21. The molecule has 108 valence electrons. The van der Waals surface area contributed by atoms with Gasteiger partial charge in [-0.2, -0.15) is 0 Å². The monoisotopic (exact) mass is 293 g/mol. The predicted octanol–water partition coefficient (Wildman–Crippen LogP) is 0.699. The molecule has 20 heavy (non-hydrogen) atoms. The van der Waals surface area contributed by atoms with Crippen LogP contribution in [0.3, 0.4) is 0 Å². The molecule has 0 spiro atoms. The molecule has 2 aromatic heterocycles. The van der Waals surface area contributed by atoms with Crippen LogP contribution in [-0.2, 0) is 26.6 Å². The molecule has 0 saturated carbocycles. The molecule has 0 fully saturated rings. The number of nitrogens with one attached hydrogen (secondary N) is 2. The summed E-state index contributed by atoms with van der Waals surface area (Å²) in [6.07, 6.45) is 4.63. The van der Waals surface area contributed by atoms with Gasteiger partial charge in [-0.1, -0.05) is 6.92 Å². The summed E-state index contributed by atoms with van der Waals surface area (Å²) in [5.41, 5.74) is 0. The number of rotatable bonds is 5. The zero-order valence-corrected chi connectivity index (χ0v) is 12.7. The van der Waals surface area contributed by atoms with Crippen LogP contribution in [0.15, 0.2) is 17.5 Å². The van der Waals surface area contributed by atoms with Crippen molar-refractivity contribution in [1.29, 1.82) is 0 Å². The molecule has 0 radical (unpaired) electrons. The maximum Gasteiger partial charge on any atom is 0.191 e. The van der Waals surface area contributed by atoms with Gasteiger partial charge in [-0.25, -0.2) is 4.98 Å². The minimum Gasteiger partial charge on any atom is -0.350 e. The Morgan fingerprint density at radius 1 is 1.40 bits per heavy atom. The summed E-state index contributed by atoms with van der Waals surface area (Å²) in [4.78, 5) is 9.83. The highest BCUT2D eigenvalue weighted by Gasteiger charge is 2.04. The molecule has 0 aliphatic rings. The van der Waals surface area contributed by atoms with Crippen LogP contribution in [0.4, 0.5) is 0 Å². The van der Waals surface area contributed by atoms with E-state index in [1.807, 2.05) is 17.8 Å².